The Labute approximate surface area is 144 Å². The van der Waals surface area contributed by atoms with Crippen LogP contribution in [0.25, 0.3) is 22.5 Å². The van der Waals surface area contributed by atoms with Crippen molar-refractivity contribution in [1.29, 1.82) is 0 Å². The molecule has 0 saturated carbocycles. The van der Waals surface area contributed by atoms with Crippen molar-refractivity contribution in [3.8, 4) is 22.5 Å². The first-order valence-electron chi connectivity index (χ1n) is 7.68. The van der Waals surface area contributed by atoms with Crippen LogP contribution in [0, 0.1) is 12.7 Å². The van der Waals surface area contributed by atoms with Gasteiger partial charge >= 0.3 is 5.97 Å². The van der Waals surface area contributed by atoms with Gasteiger partial charge in [-0.2, -0.15) is 5.10 Å². The Kier molecular flexibility index (Phi) is 4.63. The van der Waals surface area contributed by atoms with Gasteiger partial charge in [-0.1, -0.05) is 18.2 Å². The lowest BCUT2D eigenvalue weighted by Gasteiger charge is -2.10. The third-order valence-electron chi connectivity index (χ3n) is 3.97. The van der Waals surface area contributed by atoms with Gasteiger partial charge in [0, 0.05) is 23.8 Å². The molecule has 0 fully saturated rings. The number of aromatic carboxylic acids is 1. The number of ether oxygens (including phenoxy) is 1. The standard InChI is InChI=1S/C19H17FN2O3/c1-12-17(13-7-9-14(20)10-8-13)21-22(11-25-2)18(12)15-5-3-4-6-16(15)19(23)24/h3-10H,11H2,1-2H3,(H,23,24). The van der Waals surface area contributed by atoms with Crippen molar-refractivity contribution in [3.63, 3.8) is 0 Å². The zero-order valence-electron chi connectivity index (χ0n) is 13.9. The first kappa shape index (κ1) is 16.9. The quantitative estimate of drug-likeness (QED) is 0.763. The number of benzene rings is 2. The molecule has 1 aromatic heterocycles. The molecule has 0 atom stereocenters. The van der Waals surface area contributed by atoms with Crippen LogP contribution in [-0.2, 0) is 11.5 Å². The Morgan fingerprint density at radius 2 is 1.88 bits per heavy atom. The SMILES string of the molecule is COCn1nc(-c2ccc(F)cc2)c(C)c1-c1ccccc1C(=O)O. The summed E-state index contributed by atoms with van der Waals surface area (Å²) < 4.78 is 20.0. The molecule has 0 radical (unpaired) electrons. The molecule has 3 rings (SSSR count). The minimum absolute atomic E-state index is 0.172. The summed E-state index contributed by atoms with van der Waals surface area (Å²) in [5, 5.41) is 14.0. The van der Waals surface area contributed by atoms with Crippen molar-refractivity contribution in [3.05, 3.63) is 65.5 Å². The number of carboxylic acid groups (broad SMARTS) is 1. The Bertz CT molecular complexity index is 917. The third-order valence-corrected chi connectivity index (χ3v) is 3.97. The fraction of sp³-hybridized carbons (Fsp3) is 0.158. The molecule has 0 unspecified atom stereocenters. The summed E-state index contributed by atoms with van der Waals surface area (Å²) in [7, 11) is 1.54. The van der Waals surface area contributed by atoms with E-state index in [0.717, 1.165) is 11.1 Å². The van der Waals surface area contributed by atoms with Gasteiger partial charge in [-0.15, -0.1) is 0 Å². The number of hydrogen-bond acceptors (Lipinski definition) is 3. The highest BCUT2D eigenvalue weighted by molar-refractivity contribution is 5.96. The van der Waals surface area contributed by atoms with E-state index in [1.165, 1.54) is 12.1 Å². The lowest BCUT2D eigenvalue weighted by Crippen LogP contribution is -2.07. The molecule has 0 amide bonds. The van der Waals surface area contributed by atoms with Crippen molar-refractivity contribution in [1.82, 2.24) is 9.78 Å². The Morgan fingerprint density at radius 1 is 1.20 bits per heavy atom. The molecule has 1 heterocycles. The maximum absolute atomic E-state index is 13.2. The Balaban J connectivity index is 2.23. The van der Waals surface area contributed by atoms with Crippen molar-refractivity contribution >= 4 is 5.97 Å². The fourth-order valence-corrected chi connectivity index (χ4v) is 2.87. The number of carboxylic acids is 1. The fourth-order valence-electron chi connectivity index (χ4n) is 2.87. The molecule has 0 aliphatic rings. The normalized spacial score (nSPS) is 10.8. The van der Waals surface area contributed by atoms with E-state index in [1.807, 2.05) is 6.92 Å². The highest BCUT2D eigenvalue weighted by Crippen LogP contribution is 2.33. The van der Waals surface area contributed by atoms with Crippen molar-refractivity contribution in [2.24, 2.45) is 0 Å². The third kappa shape index (κ3) is 3.16. The van der Waals surface area contributed by atoms with E-state index in [4.69, 9.17) is 4.74 Å². The average molecular weight is 340 g/mol. The minimum atomic E-state index is -1.01. The summed E-state index contributed by atoms with van der Waals surface area (Å²) in [5.74, 6) is -1.34. The van der Waals surface area contributed by atoms with E-state index in [2.05, 4.69) is 5.10 Å². The van der Waals surface area contributed by atoms with Crippen molar-refractivity contribution in [2.75, 3.05) is 7.11 Å². The molecule has 1 N–H and O–H groups in total. The van der Waals surface area contributed by atoms with E-state index in [-0.39, 0.29) is 18.1 Å². The highest BCUT2D eigenvalue weighted by atomic mass is 19.1. The predicted octanol–water partition coefficient (Wildman–Crippen LogP) is 3.97. The molecular formula is C19H17FN2O3. The second kappa shape index (κ2) is 6.86. The molecule has 2 aromatic carbocycles. The lowest BCUT2D eigenvalue weighted by molar-refractivity contribution is 0.0697. The summed E-state index contributed by atoms with van der Waals surface area (Å²) in [6.45, 7) is 2.04. The zero-order chi connectivity index (χ0) is 18.0. The first-order valence-corrected chi connectivity index (χ1v) is 7.68. The number of halogens is 1. The summed E-state index contributed by atoms with van der Waals surface area (Å²) in [4.78, 5) is 11.6. The molecule has 0 aliphatic heterocycles. The topological polar surface area (TPSA) is 64.4 Å². The molecular weight excluding hydrogens is 323 g/mol. The second-order valence-electron chi connectivity index (χ2n) is 5.60. The van der Waals surface area contributed by atoms with Gasteiger partial charge in [0.2, 0.25) is 0 Å². The summed E-state index contributed by atoms with van der Waals surface area (Å²) in [6.07, 6.45) is 0. The minimum Gasteiger partial charge on any atom is -0.478 e. The Morgan fingerprint density at radius 3 is 2.52 bits per heavy atom. The number of carbonyl (C=O) groups is 1. The van der Waals surface area contributed by atoms with Gasteiger partial charge in [0.1, 0.15) is 12.5 Å². The molecule has 0 saturated heterocycles. The molecule has 128 valence electrons. The zero-order valence-corrected chi connectivity index (χ0v) is 13.9. The Hall–Kier alpha value is -2.99. The van der Waals surface area contributed by atoms with E-state index in [9.17, 15) is 14.3 Å². The first-order chi connectivity index (χ1) is 12.0. The van der Waals surface area contributed by atoms with Gasteiger partial charge in [0.25, 0.3) is 0 Å². The number of rotatable bonds is 5. The monoisotopic (exact) mass is 340 g/mol. The smallest absolute Gasteiger partial charge is 0.336 e. The second-order valence-corrected chi connectivity index (χ2v) is 5.60. The van der Waals surface area contributed by atoms with Crippen molar-refractivity contribution in [2.45, 2.75) is 13.7 Å². The number of aromatic nitrogens is 2. The number of methoxy groups -OCH3 is 1. The van der Waals surface area contributed by atoms with Gasteiger partial charge < -0.3 is 9.84 Å². The van der Waals surface area contributed by atoms with Crippen LogP contribution >= 0.6 is 0 Å². The maximum atomic E-state index is 13.2. The molecule has 6 heteroatoms. The van der Waals surface area contributed by atoms with E-state index in [1.54, 1.807) is 48.2 Å². The molecule has 5 nitrogen and oxygen atoms in total. The largest absolute Gasteiger partial charge is 0.478 e. The van der Waals surface area contributed by atoms with E-state index >= 15 is 0 Å². The van der Waals surface area contributed by atoms with Crippen LogP contribution in [0.4, 0.5) is 4.39 Å². The summed E-state index contributed by atoms with van der Waals surface area (Å²) in [5.41, 5.74) is 3.63. The number of hydrogen-bond donors (Lipinski definition) is 1. The molecule has 3 aromatic rings. The van der Waals surface area contributed by atoms with Crippen LogP contribution in [-0.4, -0.2) is 28.0 Å². The predicted molar refractivity (Wildman–Crippen MR) is 91.8 cm³/mol. The van der Waals surface area contributed by atoms with Crippen LogP contribution in [0.5, 0.6) is 0 Å². The molecule has 0 spiro atoms. The molecule has 0 bridgehead atoms. The van der Waals surface area contributed by atoms with E-state index < -0.39 is 5.97 Å². The van der Waals surface area contributed by atoms with Gasteiger partial charge in [-0.05, 0) is 37.3 Å². The lowest BCUT2D eigenvalue weighted by atomic mass is 9.99. The van der Waals surface area contributed by atoms with Crippen LogP contribution in [0.15, 0.2) is 48.5 Å². The highest BCUT2D eigenvalue weighted by Gasteiger charge is 2.21. The van der Waals surface area contributed by atoms with E-state index in [0.29, 0.717) is 17.0 Å². The number of nitrogens with zero attached hydrogens (tertiary/aromatic N) is 2. The maximum Gasteiger partial charge on any atom is 0.336 e. The summed E-state index contributed by atoms with van der Waals surface area (Å²) in [6, 6.07) is 12.8. The van der Waals surface area contributed by atoms with Crippen molar-refractivity contribution < 1.29 is 19.0 Å². The summed E-state index contributed by atoms with van der Waals surface area (Å²) >= 11 is 0. The van der Waals surface area contributed by atoms with Crippen LogP contribution in [0.3, 0.4) is 0 Å². The van der Waals surface area contributed by atoms with Crippen LogP contribution in [0.1, 0.15) is 15.9 Å². The molecule has 0 aliphatic carbocycles. The molecule has 25 heavy (non-hydrogen) atoms. The van der Waals surface area contributed by atoms with Crippen LogP contribution in [0.2, 0.25) is 0 Å². The van der Waals surface area contributed by atoms with Gasteiger partial charge in [0.05, 0.1) is 17.0 Å². The average Bonchev–Trinajstić information content (AvgIpc) is 2.92. The van der Waals surface area contributed by atoms with Crippen LogP contribution < -0.4 is 0 Å². The van der Waals surface area contributed by atoms with Gasteiger partial charge in [-0.3, -0.25) is 0 Å². The van der Waals surface area contributed by atoms with Gasteiger partial charge in [-0.25, -0.2) is 13.9 Å². The van der Waals surface area contributed by atoms with Gasteiger partial charge in [0.15, 0.2) is 0 Å².